The first kappa shape index (κ1) is 19.2. The number of amides is 1. The highest BCUT2D eigenvalue weighted by atomic mass is 32.2. The van der Waals surface area contributed by atoms with Crippen molar-refractivity contribution in [3.63, 3.8) is 0 Å². The van der Waals surface area contributed by atoms with Gasteiger partial charge in [0.05, 0.1) is 19.4 Å². The normalized spacial score (nSPS) is 10.6. The van der Waals surface area contributed by atoms with Crippen molar-refractivity contribution in [3.8, 4) is 17.2 Å². The van der Waals surface area contributed by atoms with Crippen LogP contribution in [0, 0.1) is 0 Å². The van der Waals surface area contributed by atoms with Crippen molar-refractivity contribution < 1.29 is 13.9 Å². The maximum atomic E-state index is 12.5. The third kappa shape index (κ3) is 5.21. The fourth-order valence-electron chi connectivity index (χ4n) is 2.33. The minimum absolute atomic E-state index is 0.00232. The van der Waals surface area contributed by atoms with Gasteiger partial charge in [-0.05, 0) is 35.7 Å². The number of aromatic nitrogens is 2. The summed E-state index contributed by atoms with van der Waals surface area (Å²) in [5.41, 5.74) is 0.799. The molecule has 0 saturated carbocycles. The standard InChI is InChI=1S/C19H19N3O3S2/c1-3-10-22(12-16-5-4-11-26-16)17(23)13-27-19-21-20-18(25-19)14-6-8-15(24-2)9-7-14/h3-9,11H,1,10,12-13H2,2H3. The van der Waals surface area contributed by atoms with Gasteiger partial charge in [0.1, 0.15) is 5.75 Å². The summed E-state index contributed by atoms with van der Waals surface area (Å²) in [6, 6.07) is 11.3. The Labute approximate surface area is 165 Å². The molecule has 8 heteroatoms. The lowest BCUT2D eigenvalue weighted by Gasteiger charge is -2.19. The molecule has 0 N–H and O–H groups in total. The van der Waals surface area contributed by atoms with Gasteiger partial charge in [0.25, 0.3) is 5.22 Å². The van der Waals surface area contributed by atoms with Crippen LogP contribution < -0.4 is 4.74 Å². The van der Waals surface area contributed by atoms with E-state index in [-0.39, 0.29) is 11.7 Å². The number of rotatable bonds is 9. The van der Waals surface area contributed by atoms with Gasteiger partial charge < -0.3 is 14.1 Å². The van der Waals surface area contributed by atoms with Crippen LogP contribution >= 0.6 is 23.1 Å². The molecule has 2 heterocycles. The lowest BCUT2D eigenvalue weighted by Crippen LogP contribution is -2.31. The van der Waals surface area contributed by atoms with Gasteiger partial charge in [-0.15, -0.1) is 28.1 Å². The molecule has 2 aromatic heterocycles. The number of thiophene rings is 1. The first-order valence-corrected chi connectivity index (χ1v) is 10.1. The first-order chi connectivity index (χ1) is 13.2. The highest BCUT2D eigenvalue weighted by Crippen LogP contribution is 2.25. The highest BCUT2D eigenvalue weighted by Gasteiger charge is 2.16. The average Bonchev–Trinajstić information content (AvgIpc) is 3.38. The van der Waals surface area contributed by atoms with Crippen LogP contribution in [0.2, 0.25) is 0 Å². The summed E-state index contributed by atoms with van der Waals surface area (Å²) in [5, 5.41) is 10.4. The zero-order valence-corrected chi connectivity index (χ0v) is 16.5. The van der Waals surface area contributed by atoms with Crippen molar-refractivity contribution in [2.45, 2.75) is 11.8 Å². The SMILES string of the molecule is C=CCN(Cc1cccs1)C(=O)CSc1nnc(-c2ccc(OC)cc2)o1. The van der Waals surface area contributed by atoms with Gasteiger partial charge in [0.2, 0.25) is 11.8 Å². The van der Waals surface area contributed by atoms with Gasteiger partial charge >= 0.3 is 0 Å². The molecule has 0 radical (unpaired) electrons. The number of ether oxygens (including phenoxy) is 1. The minimum Gasteiger partial charge on any atom is -0.497 e. The van der Waals surface area contributed by atoms with Crippen molar-refractivity contribution >= 4 is 29.0 Å². The molecule has 0 atom stereocenters. The van der Waals surface area contributed by atoms with Crippen molar-refractivity contribution in [1.82, 2.24) is 15.1 Å². The maximum absolute atomic E-state index is 12.5. The molecule has 0 aliphatic carbocycles. The first-order valence-electron chi connectivity index (χ1n) is 8.21. The lowest BCUT2D eigenvalue weighted by molar-refractivity contribution is -0.128. The van der Waals surface area contributed by atoms with Crippen LogP contribution in [0.25, 0.3) is 11.5 Å². The molecule has 0 saturated heterocycles. The van der Waals surface area contributed by atoms with E-state index in [2.05, 4.69) is 16.8 Å². The molecule has 1 aromatic carbocycles. The van der Waals surface area contributed by atoms with E-state index in [1.54, 1.807) is 29.4 Å². The van der Waals surface area contributed by atoms with E-state index >= 15 is 0 Å². The molecule has 0 fully saturated rings. The molecule has 3 aromatic rings. The molecule has 0 aliphatic rings. The largest absolute Gasteiger partial charge is 0.497 e. The van der Waals surface area contributed by atoms with Crippen molar-refractivity contribution in [1.29, 1.82) is 0 Å². The zero-order chi connectivity index (χ0) is 19.1. The van der Waals surface area contributed by atoms with Gasteiger partial charge in [0, 0.05) is 17.0 Å². The molecule has 3 rings (SSSR count). The molecular formula is C19H19N3O3S2. The average molecular weight is 402 g/mol. The summed E-state index contributed by atoms with van der Waals surface area (Å²) in [6.45, 7) is 4.80. The van der Waals surface area contributed by atoms with Crippen LogP contribution in [0.3, 0.4) is 0 Å². The Morgan fingerprint density at radius 3 is 2.81 bits per heavy atom. The van der Waals surface area contributed by atoms with E-state index in [0.717, 1.165) is 16.2 Å². The van der Waals surface area contributed by atoms with Crippen molar-refractivity contribution in [2.75, 3.05) is 19.4 Å². The number of nitrogens with zero attached hydrogens (tertiary/aromatic N) is 3. The van der Waals surface area contributed by atoms with Crippen LogP contribution in [0.1, 0.15) is 4.88 Å². The van der Waals surface area contributed by atoms with Gasteiger partial charge in [-0.1, -0.05) is 23.9 Å². The summed E-state index contributed by atoms with van der Waals surface area (Å²) in [6.07, 6.45) is 1.73. The second-order valence-electron chi connectivity index (χ2n) is 5.53. The number of thioether (sulfide) groups is 1. The minimum atomic E-state index is -0.00232. The van der Waals surface area contributed by atoms with Gasteiger partial charge in [0.15, 0.2) is 0 Å². The summed E-state index contributed by atoms with van der Waals surface area (Å²) in [5.74, 6) is 1.39. The maximum Gasteiger partial charge on any atom is 0.277 e. The smallest absolute Gasteiger partial charge is 0.277 e. The van der Waals surface area contributed by atoms with Crippen molar-refractivity contribution in [3.05, 3.63) is 59.3 Å². The summed E-state index contributed by atoms with van der Waals surface area (Å²) >= 11 is 2.86. The van der Waals surface area contributed by atoms with E-state index in [0.29, 0.717) is 24.2 Å². The third-order valence-electron chi connectivity index (χ3n) is 3.69. The Balaban J connectivity index is 1.59. The Kier molecular flexibility index (Phi) is 6.67. The number of carbonyl (C=O) groups excluding carboxylic acids is 1. The van der Waals surface area contributed by atoms with Crippen molar-refractivity contribution in [2.24, 2.45) is 0 Å². The van der Waals surface area contributed by atoms with Crippen LogP contribution in [0.5, 0.6) is 5.75 Å². The van der Waals surface area contributed by atoms with E-state index in [1.807, 2.05) is 41.8 Å². The van der Waals surface area contributed by atoms with E-state index in [9.17, 15) is 4.79 Å². The predicted molar refractivity (Wildman–Crippen MR) is 107 cm³/mol. The molecule has 6 nitrogen and oxygen atoms in total. The molecule has 140 valence electrons. The quantitative estimate of drug-likeness (QED) is 0.397. The second-order valence-corrected chi connectivity index (χ2v) is 7.49. The van der Waals surface area contributed by atoms with E-state index in [4.69, 9.17) is 9.15 Å². The molecule has 0 bridgehead atoms. The molecule has 0 unspecified atom stereocenters. The number of hydrogen-bond donors (Lipinski definition) is 0. The number of benzene rings is 1. The van der Waals surface area contributed by atoms with Gasteiger partial charge in [-0.2, -0.15) is 0 Å². The van der Waals surface area contributed by atoms with E-state index in [1.165, 1.54) is 11.8 Å². The summed E-state index contributed by atoms with van der Waals surface area (Å²) in [4.78, 5) is 15.4. The number of carbonyl (C=O) groups is 1. The number of hydrogen-bond acceptors (Lipinski definition) is 7. The molecule has 0 spiro atoms. The summed E-state index contributed by atoms with van der Waals surface area (Å²) in [7, 11) is 1.61. The Morgan fingerprint density at radius 1 is 1.33 bits per heavy atom. The second kappa shape index (κ2) is 9.38. The molecule has 0 aliphatic heterocycles. The van der Waals surface area contributed by atoms with Crippen LogP contribution in [0.15, 0.2) is 64.1 Å². The Bertz CT molecular complexity index is 876. The molecule has 1 amide bonds. The fourth-order valence-corrected chi connectivity index (χ4v) is 3.72. The lowest BCUT2D eigenvalue weighted by atomic mass is 10.2. The van der Waals surface area contributed by atoms with Gasteiger partial charge in [-0.3, -0.25) is 4.79 Å². The monoisotopic (exact) mass is 401 g/mol. The third-order valence-corrected chi connectivity index (χ3v) is 5.36. The molecular weight excluding hydrogens is 382 g/mol. The van der Waals surface area contributed by atoms with Crippen LogP contribution in [-0.2, 0) is 11.3 Å². The predicted octanol–water partition coefficient (Wildman–Crippen LogP) is 4.11. The Morgan fingerprint density at radius 2 is 2.15 bits per heavy atom. The fraction of sp³-hybridized carbons (Fsp3) is 0.211. The molecule has 27 heavy (non-hydrogen) atoms. The zero-order valence-electron chi connectivity index (χ0n) is 14.8. The topological polar surface area (TPSA) is 68.5 Å². The van der Waals surface area contributed by atoms with Gasteiger partial charge in [-0.25, -0.2) is 0 Å². The van der Waals surface area contributed by atoms with Crippen LogP contribution in [-0.4, -0.2) is 40.4 Å². The van der Waals surface area contributed by atoms with E-state index < -0.39 is 0 Å². The number of methoxy groups -OCH3 is 1. The Hall–Kier alpha value is -2.58. The summed E-state index contributed by atoms with van der Waals surface area (Å²) < 4.78 is 10.8. The highest BCUT2D eigenvalue weighted by molar-refractivity contribution is 7.99. The van der Waals surface area contributed by atoms with Crippen LogP contribution in [0.4, 0.5) is 0 Å².